The highest BCUT2D eigenvalue weighted by atomic mass is 32.1. The molecule has 8 nitrogen and oxygen atoms in total. The minimum Gasteiger partial charge on any atom is -0.378 e. The summed E-state index contributed by atoms with van der Waals surface area (Å²) in [5.41, 5.74) is 4.31. The van der Waals surface area contributed by atoms with Crippen molar-refractivity contribution < 1.29 is 22.7 Å². The van der Waals surface area contributed by atoms with Gasteiger partial charge in [0.15, 0.2) is 5.13 Å². The summed E-state index contributed by atoms with van der Waals surface area (Å²) < 4.78 is 46.8. The molecule has 1 fully saturated rings. The summed E-state index contributed by atoms with van der Waals surface area (Å²) in [4.78, 5) is 23.8. The average Bonchev–Trinajstić information content (AvgIpc) is 3.47. The fourth-order valence-corrected chi connectivity index (χ4v) is 4.91. The van der Waals surface area contributed by atoms with Crippen LogP contribution in [0.3, 0.4) is 0 Å². The Balaban J connectivity index is 1.37. The van der Waals surface area contributed by atoms with Gasteiger partial charge in [0, 0.05) is 18.7 Å². The number of amides is 1. The third kappa shape index (κ3) is 5.09. The van der Waals surface area contributed by atoms with Crippen LogP contribution in [0.5, 0.6) is 0 Å². The van der Waals surface area contributed by atoms with Crippen molar-refractivity contribution in [2.24, 2.45) is 5.10 Å². The van der Waals surface area contributed by atoms with E-state index in [1.165, 1.54) is 29.7 Å². The summed E-state index contributed by atoms with van der Waals surface area (Å²) in [6.45, 7) is 2.08. The molecule has 1 aliphatic rings. The molecule has 5 rings (SSSR count). The standard InChI is InChI=1S/C24H21F3N6O2S/c25-24(26,27)22-29-17-8-4-5-9-18(17)33(22)15-20(34)31-28-14-19-21(16-6-2-1-3-7-16)30-23(36-19)32-10-12-35-13-11-32/h1-9,14H,10-13,15H2,(H,31,34). The Hall–Kier alpha value is -3.77. The van der Waals surface area contributed by atoms with Crippen LogP contribution in [0, 0.1) is 0 Å². The van der Waals surface area contributed by atoms with Crippen molar-refractivity contribution in [1.29, 1.82) is 0 Å². The third-order valence-corrected chi connectivity index (χ3v) is 6.60. The average molecular weight is 515 g/mol. The van der Waals surface area contributed by atoms with E-state index in [1.807, 2.05) is 30.3 Å². The highest BCUT2D eigenvalue weighted by Crippen LogP contribution is 2.33. The number of hydrogen-bond donors (Lipinski definition) is 1. The first-order valence-corrected chi connectivity index (χ1v) is 11.9. The van der Waals surface area contributed by atoms with Crippen LogP contribution in [0.4, 0.5) is 18.3 Å². The van der Waals surface area contributed by atoms with E-state index in [9.17, 15) is 18.0 Å². The van der Waals surface area contributed by atoms with Gasteiger partial charge in [-0.25, -0.2) is 15.4 Å². The van der Waals surface area contributed by atoms with Gasteiger partial charge in [0.1, 0.15) is 6.54 Å². The fourth-order valence-electron chi connectivity index (χ4n) is 3.89. The topological polar surface area (TPSA) is 84.6 Å². The highest BCUT2D eigenvalue weighted by Gasteiger charge is 2.38. The highest BCUT2D eigenvalue weighted by molar-refractivity contribution is 7.17. The zero-order valence-electron chi connectivity index (χ0n) is 18.9. The molecule has 4 aromatic rings. The van der Waals surface area contributed by atoms with Crippen molar-refractivity contribution in [3.8, 4) is 11.3 Å². The van der Waals surface area contributed by atoms with Crippen molar-refractivity contribution in [3.63, 3.8) is 0 Å². The lowest BCUT2D eigenvalue weighted by atomic mass is 10.1. The molecule has 0 bridgehead atoms. The number of fused-ring (bicyclic) bond motifs is 1. The Morgan fingerprint density at radius 3 is 2.56 bits per heavy atom. The van der Waals surface area contributed by atoms with Crippen LogP contribution in [0.1, 0.15) is 10.7 Å². The number of morpholine rings is 1. The first-order valence-electron chi connectivity index (χ1n) is 11.1. The zero-order valence-corrected chi connectivity index (χ0v) is 19.7. The molecule has 0 spiro atoms. The maximum Gasteiger partial charge on any atom is 0.449 e. The number of aromatic nitrogens is 3. The Kier molecular flexibility index (Phi) is 6.70. The first kappa shape index (κ1) is 23.9. The second-order valence-electron chi connectivity index (χ2n) is 7.98. The maximum absolute atomic E-state index is 13.5. The van der Waals surface area contributed by atoms with Crippen LogP contribution < -0.4 is 10.3 Å². The summed E-state index contributed by atoms with van der Waals surface area (Å²) in [5.74, 6) is -1.84. The number of carbonyl (C=O) groups is 1. The maximum atomic E-state index is 13.5. The number of carbonyl (C=O) groups excluding carboxylic acids is 1. The second-order valence-corrected chi connectivity index (χ2v) is 8.99. The molecule has 12 heteroatoms. The number of imidazole rings is 1. The van der Waals surface area contributed by atoms with Gasteiger partial charge < -0.3 is 14.2 Å². The molecule has 2 aromatic heterocycles. The molecular formula is C24H21F3N6O2S. The molecule has 0 atom stereocenters. The number of hydrazone groups is 1. The number of ether oxygens (including phenoxy) is 1. The predicted molar refractivity (Wildman–Crippen MR) is 131 cm³/mol. The van der Waals surface area contributed by atoms with E-state index in [2.05, 4.69) is 20.4 Å². The minimum atomic E-state index is -4.70. The molecular weight excluding hydrogens is 493 g/mol. The van der Waals surface area contributed by atoms with E-state index < -0.39 is 24.5 Å². The van der Waals surface area contributed by atoms with Gasteiger partial charge in [-0.3, -0.25) is 4.79 Å². The van der Waals surface area contributed by atoms with Gasteiger partial charge in [-0.15, -0.1) is 0 Å². The number of rotatable bonds is 6. The number of halogens is 3. The van der Waals surface area contributed by atoms with Crippen molar-refractivity contribution in [1.82, 2.24) is 20.0 Å². The second kappa shape index (κ2) is 10.1. The number of benzene rings is 2. The van der Waals surface area contributed by atoms with Gasteiger partial charge in [0.25, 0.3) is 5.91 Å². The molecule has 1 N–H and O–H groups in total. The molecule has 1 aliphatic heterocycles. The fraction of sp³-hybridized carbons (Fsp3) is 0.250. The lowest BCUT2D eigenvalue weighted by Crippen LogP contribution is -2.36. The Morgan fingerprint density at radius 1 is 1.08 bits per heavy atom. The van der Waals surface area contributed by atoms with E-state index in [4.69, 9.17) is 9.72 Å². The van der Waals surface area contributed by atoms with Gasteiger partial charge >= 0.3 is 6.18 Å². The van der Waals surface area contributed by atoms with Crippen LogP contribution in [0.25, 0.3) is 22.3 Å². The number of thiazole rings is 1. The number of anilines is 1. The molecule has 0 radical (unpaired) electrons. The quantitative estimate of drug-likeness (QED) is 0.309. The third-order valence-electron chi connectivity index (χ3n) is 5.55. The smallest absolute Gasteiger partial charge is 0.378 e. The normalized spacial score (nSPS) is 14.6. The summed E-state index contributed by atoms with van der Waals surface area (Å²) in [7, 11) is 0. The summed E-state index contributed by atoms with van der Waals surface area (Å²) in [5, 5.41) is 4.84. The van der Waals surface area contributed by atoms with Crippen LogP contribution in [0.2, 0.25) is 0 Å². The van der Waals surface area contributed by atoms with Crippen LogP contribution in [0.15, 0.2) is 59.7 Å². The zero-order chi connectivity index (χ0) is 25.1. The molecule has 1 saturated heterocycles. The first-order chi connectivity index (χ1) is 17.4. The van der Waals surface area contributed by atoms with Gasteiger partial charge in [-0.05, 0) is 12.1 Å². The van der Waals surface area contributed by atoms with Crippen molar-refractivity contribution in [2.75, 3.05) is 31.2 Å². The Morgan fingerprint density at radius 2 is 1.81 bits per heavy atom. The summed E-state index contributed by atoms with van der Waals surface area (Å²) >= 11 is 1.42. The van der Waals surface area contributed by atoms with Gasteiger partial charge in [0.05, 0.1) is 41.0 Å². The van der Waals surface area contributed by atoms with Crippen molar-refractivity contribution in [3.05, 3.63) is 65.3 Å². The molecule has 186 valence electrons. The number of nitrogens with one attached hydrogen (secondary N) is 1. The summed E-state index contributed by atoms with van der Waals surface area (Å²) in [6.07, 6.45) is -3.23. The van der Waals surface area contributed by atoms with Gasteiger partial charge in [0.2, 0.25) is 5.82 Å². The van der Waals surface area contributed by atoms with E-state index in [1.54, 1.807) is 12.1 Å². The molecule has 0 aliphatic carbocycles. The lowest BCUT2D eigenvalue weighted by molar-refractivity contribution is -0.147. The Labute approximate surface area is 208 Å². The van der Waals surface area contributed by atoms with E-state index in [0.29, 0.717) is 23.8 Å². The van der Waals surface area contributed by atoms with Gasteiger partial charge in [-0.1, -0.05) is 53.8 Å². The number of nitrogens with zero attached hydrogens (tertiary/aromatic N) is 5. The SMILES string of the molecule is O=C(Cn1c(C(F)(F)F)nc2ccccc21)NN=Cc1sc(N2CCOCC2)nc1-c1ccccc1. The Bertz CT molecular complexity index is 1390. The van der Waals surface area contributed by atoms with E-state index in [0.717, 1.165) is 28.4 Å². The molecule has 0 unspecified atom stereocenters. The number of alkyl halides is 3. The predicted octanol–water partition coefficient (Wildman–Crippen LogP) is 4.17. The number of para-hydroxylation sites is 2. The van der Waals surface area contributed by atoms with E-state index in [-0.39, 0.29) is 11.0 Å². The minimum absolute atomic E-state index is 0.161. The van der Waals surface area contributed by atoms with E-state index >= 15 is 0 Å². The van der Waals surface area contributed by atoms with Crippen molar-refractivity contribution in [2.45, 2.75) is 12.7 Å². The van der Waals surface area contributed by atoms with Crippen LogP contribution in [-0.4, -0.2) is 53.0 Å². The number of hydrogen-bond acceptors (Lipinski definition) is 7. The van der Waals surface area contributed by atoms with Crippen LogP contribution in [-0.2, 0) is 22.3 Å². The molecule has 36 heavy (non-hydrogen) atoms. The molecule has 1 amide bonds. The van der Waals surface area contributed by atoms with Crippen molar-refractivity contribution >= 4 is 39.6 Å². The largest absolute Gasteiger partial charge is 0.449 e. The molecule has 3 heterocycles. The lowest BCUT2D eigenvalue weighted by Gasteiger charge is -2.26. The summed E-state index contributed by atoms with van der Waals surface area (Å²) in [6, 6.07) is 15.7. The van der Waals surface area contributed by atoms with Gasteiger partial charge in [-0.2, -0.15) is 18.3 Å². The monoisotopic (exact) mass is 514 g/mol. The van der Waals surface area contributed by atoms with Crippen LogP contribution >= 0.6 is 11.3 Å². The molecule has 2 aromatic carbocycles. The molecule has 0 saturated carbocycles.